The van der Waals surface area contributed by atoms with Crippen molar-refractivity contribution in [2.24, 2.45) is 5.92 Å². The molecule has 2 aliphatic heterocycles. The van der Waals surface area contributed by atoms with Gasteiger partial charge in [0.2, 0.25) is 5.91 Å². The highest BCUT2D eigenvalue weighted by Crippen LogP contribution is 2.27. The number of rotatable bonds is 7. The maximum absolute atomic E-state index is 12.1. The van der Waals surface area contributed by atoms with Crippen molar-refractivity contribution in [3.8, 4) is 0 Å². The molecule has 0 aromatic carbocycles. The van der Waals surface area contributed by atoms with E-state index in [2.05, 4.69) is 33.0 Å². The van der Waals surface area contributed by atoms with E-state index in [0.29, 0.717) is 18.4 Å². The van der Waals surface area contributed by atoms with Crippen molar-refractivity contribution in [2.45, 2.75) is 38.1 Å². The van der Waals surface area contributed by atoms with E-state index in [1.54, 1.807) is 11.3 Å². The normalized spacial score (nSPS) is 23.7. The lowest BCUT2D eigenvalue weighted by atomic mass is 10.0. The molecule has 0 aliphatic carbocycles. The second-order valence-corrected chi connectivity index (χ2v) is 7.46. The number of thiophene rings is 1. The van der Waals surface area contributed by atoms with Crippen LogP contribution >= 0.6 is 11.3 Å². The van der Waals surface area contributed by atoms with Gasteiger partial charge in [0.15, 0.2) is 0 Å². The van der Waals surface area contributed by atoms with Crippen LogP contribution in [0.1, 0.15) is 43.0 Å². The molecule has 3 rings (SSSR count). The zero-order valence-corrected chi connectivity index (χ0v) is 14.0. The van der Waals surface area contributed by atoms with Crippen LogP contribution in [-0.2, 0) is 4.79 Å². The molecule has 22 heavy (non-hydrogen) atoms. The fourth-order valence-electron chi connectivity index (χ4n) is 3.54. The van der Waals surface area contributed by atoms with Crippen LogP contribution in [0, 0.1) is 5.92 Å². The Balaban J connectivity index is 1.47. The van der Waals surface area contributed by atoms with E-state index in [1.807, 2.05) is 0 Å². The first-order valence-corrected chi connectivity index (χ1v) is 9.46. The molecular formula is C17H27N3OS. The van der Waals surface area contributed by atoms with Gasteiger partial charge in [-0.2, -0.15) is 0 Å². The lowest BCUT2D eigenvalue weighted by Gasteiger charge is -2.27. The number of nitrogens with one attached hydrogen (secondary N) is 2. The second-order valence-electron chi connectivity index (χ2n) is 6.48. The van der Waals surface area contributed by atoms with Gasteiger partial charge in [-0.1, -0.05) is 6.07 Å². The SMILES string of the molecule is O=C(CCC1CCNC1)NCC(c1cccs1)N1CCCC1. The average Bonchev–Trinajstić information content (AvgIpc) is 3.27. The standard InChI is InChI=1S/C17H27N3OS/c21-17(6-5-14-7-8-18-12-14)19-13-15(16-4-3-11-22-16)20-9-1-2-10-20/h3-4,11,14-15,18H,1-2,5-10,12-13H2,(H,19,21). The largest absolute Gasteiger partial charge is 0.354 e. The topological polar surface area (TPSA) is 44.4 Å². The van der Waals surface area contributed by atoms with Crippen LogP contribution in [0.15, 0.2) is 17.5 Å². The van der Waals surface area contributed by atoms with Crippen molar-refractivity contribution >= 4 is 17.2 Å². The highest BCUT2D eigenvalue weighted by Gasteiger charge is 2.24. The van der Waals surface area contributed by atoms with Gasteiger partial charge in [-0.3, -0.25) is 9.69 Å². The van der Waals surface area contributed by atoms with E-state index >= 15 is 0 Å². The van der Waals surface area contributed by atoms with Crippen LogP contribution in [-0.4, -0.2) is 43.5 Å². The Bertz CT molecular complexity index is 450. The predicted molar refractivity (Wildman–Crippen MR) is 91.1 cm³/mol. The highest BCUT2D eigenvalue weighted by molar-refractivity contribution is 7.10. The molecule has 2 fully saturated rings. The van der Waals surface area contributed by atoms with Crippen LogP contribution in [0.3, 0.4) is 0 Å². The number of likely N-dealkylation sites (tertiary alicyclic amines) is 1. The van der Waals surface area contributed by atoms with Gasteiger partial charge in [0.05, 0.1) is 6.04 Å². The molecule has 0 radical (unpaired) electrons. The van der Waals surface area contributed by atoms with E-state index in [0.717, 1.165) is 39.1 Å². The fourth-order valence-corrected chi connectivity index (χ4v) is 4.40. The Morgan fingerprint density at radius 3 is 3.00 bits per heavy atom. The number of amides is 1. The minimum atomic E-state index is 0.215. The lowest BCUT2D eigenvalue weighted by Crippen LogP contribution is -2.36. The molecule has 0 spiro atoms. The molecule has 1 amide bonds. The summed E-state index contributed by atoms with van der Waals surface area (Å²) in [6, 6.07) is 4.67. The molecule has 1 aromatic heterocycles. The van der Waals surface area contributed by atoms with Crippen molar-refractivity contribution in [1.82, 2.24) is 15.5 Å². The molecule has 0 saturated carbocycles. The van der Waals surface area contributed by atoms with Crippen LogP contribution < -0.4 is 10.6 Å². The third-order valence-electron chi connectivity index (χ3n) is 4.89. The first-order chi connectivity index (χ1) is 10.8. The van der Waals surface area contributed by atoms with E-state index in [1.165, 1.54) is 24.1 Å². The van der Waals surface area contributed by atoms with E-state index in [9.17, 15) is 4.79 Å². The number of hydrogen-bond acceptors (Lipinski definition) is 4. The van der Waals surface area contributed by atoms with E-state index in [4.69, 9.17) is 0 Å². The molecule has 2 atom stereocenters. The minimum Gasteiger partial charge on any atom is -0.354 e. The van der Waals surface area contributed by atoms with E-state index in [-0.39, 0.29) is 5.91 Å². The Kier molecular flexibility index (Phi) is 5.87. The van der Waals surface area contributed by atoms with Crippen LogP contribution in [0.2, 0.25) is 0 Å². The third-order valence-corrected chi connectivity index (χ3v) is 5.86. The maximum atomic E-state index is 12.1. The quantitative estimate of drug-likeness (QED) is 0.810. The predicted octanol–water partition coefficient (Wildman–Crippen LogP) is 2.39. The summed E-state index contributed by atoms with van der Waals surface area (Å²) in [6.07, 6.45) is 5.48. The molecule has 3 heterocycles. The first kappa shape index (κ1) is 16.0. The highest BCUT2D eigenvalue weighted by atomic mass is 32.1. The summed E-state index contributed by atoms with van der Waals surface area (Å²) in [5.41, 5.74) is 0. The number of carbonyl (C=O) groups excluding carboxylic acids is 1. The molecule has 5 heteroatoms. The molecule has 2 unspecified atom stereocenters. The molecule has 2 aliphatic rings. The van der Waals surface area contributed by atoms with Gasteiger partial charge in [-0.25, -0.2) is 0 Å². The monoisotopic (exact) mass is 321 g/mol. The van der Waals surface area contributed by atoms with Crippen LogP contribution in [0.25, 0.3) is 0 Å². The van der Waals surface area contributed by atoms with Crippen molar-refractivity contribution in [3.05, 3.63) is 22.4 Å². The van der Waals surface area contributed by atoms with Gasteiger partial charge < -0.3 is 10.6 Å². The van der Waals surface area contributed by atoms with Crippen molar-refractivity contribution in [1.29, 1.82) is 0 Å². The smallest absolute Gasteiger partial charge is 0.220 e. The summed E-state index contributed by atoms with van der Waals surface area (Å²) in [6.45, 7) is 5.27. The van der Waals surface area contributed by atoms with Crippen LogP contribution in [0.4, 0.5) is 0 Å². The molecular weight excluding hydrogens is 294 g/mol. The summed E-state index contributed by atoms with van der Waals surface area (Å²) in [4.78, 5) is 16.0. The molecule has 4 nitrogen and oxygen atoms in total. The fraction of sp³-hybridized carbons (Fsp3) is 0.706. The third kappa shape index (κ3) is 4.31. The van der Waals surface area contributed by atoms with Gasteiger partial charge in [0, 0.05) is 17.8 Å². The lowest BCUT2D eigenvalue weighted by molar-refractivity contribution is -0.121. The van der Waals surface area contributed by atoms with Gasteiger partial charge in [-0.05, 0) is 69.2 Å². The summed E-state index contributed by atoms with van der Waals surface area (Å²) < 4.78 is 0. The Morgan fingerprint density at radius 1 is 1.45 bits per heavy atom. The second kappa shape index (κ2) is 8.09. The zero-order valence-electron chi connectivity index (χ0n) is 13.2. The number of nitrogens with zero attached hydrogens (tertiary/aromatic N) is 1. The Labute approximate surface area is 137 Å². The minimum absolute atomic E-state index is 0.215. The van der Waals surface area contributed by atoms with Crippen LogP contribution in [0.5, 0.6) is 0 Å². The Hall–Kier alpha value is -0.910. The molecule has 0 bridgehead atoms. The van der Waals surface area contributed by atoms with Gasteiger partial charge in [-0.15, -0.1) is 11.3 Å². The van der Waals surface area contributed by atoms with Gasteiger partial charge in [0.25, 0.3) is 0 Å². The van der Waals surface area contributed by atoms with E-state index < -0.39 is 0 Å². The van der Waals surface area contributed by atoms with Gasteiger partial charge >= 0.3 is 0 Å². The zero-order chi connectivity index (χ0) is 15.2. The molecule has 2 saturated heterocycles. The van der Waals surface area contributed by atoms with Gasteiger partial charge in [0.1, 0.15) is 0 Å². The van der Waals surface area contributed by atoms with Crippen molar-refractivity contribution < 1.29 is 4.79 Å². The summed E-state index contributed by atoms with van der Waals surface area (Å²) in [5, 5.41) is 8.67. The maximum Gasteiger partial charge on any atom is 0.220 e. The Morgan fingerprint density at radius 2 is 2.32 bits per heavy atom. The molecule has 1 aromatic rings. The summed E-state index contributed by atoms with van der Waals surface area (Å²) in [5.74, 6) is 0.907. The summed E-state index contributed by atoms with van der Waals surface area (Å²) in [7, 11) is 0. The summed E-state index contributed by atoms with van der Waals surface area (Å²) >= 11 is 1.80. The number of hydrogen-bond donors (Lipinski definition) is 2. The number of carbonyl (C=O) groups is 1. The van der Waals surface area contributed by atoms with Crippen molar-refractivity contribution in [3.63, 3.8) is 0 Å². The average molecular weight is 321 g/mol. The van der Waals surface area contributed by atoms with Crippen molar-refractivity contribution in [2.75, 3.05) is 32.7 Å². The molecule has 2 N–H and O–H groups in total. The first-order valence-electron chi connectivity index (χ1n) is 8.58. The molecule has 122 valence electrons.